The Morgan fingerprint density at radius 2 is 1.20 bits per heavy atom. The molecule has 0 radical (unpaired) electrons. The third kappa shape index (κ3) is 19.5. The maximum Gasteiger partial charge on any atom is 0.416 e. The van der Waals surface area contributed by atoms with E-state index in [0.29, 0.717) is 10.9 Å². The molecule has 1 aromatic heterocycles. The largest absolute Gasteiger partial charge is 0.444 e. The van der Waals surface area contributed by atoms with E-state index in [9.17, 15) is 41.9 Å². The molecule has 21 heteroatoms. The van der Waals surface area contributed by atoms with Crippen LogP contribution in [0.5, 0.6) is 0 Å². The van der Waals surface area contributed by atoms with E-state index in [1.807, 2.05) is 33.9 Å². The number of nitrogens with zero attached hydrogens (tertiary/aromatic N) is 2. The molecule has 0 unspecified atom stereocenters. The third-order valence-corrected chi connectivity index (χ3v) is 14.8. The van der Waals surface area contributed by atoms with Crippen molar-refractivity contribution in [3.63, 3.8) is 0 Å². The van der Waals surface area contributed by atoms with Gasteiger partial charge in [-0.05, 0) is 122 Å². The van der Waals surface area contributed by atoms with E-state index in [0.717, 1.165) is 12.1 Å². The van der Waals surface area contributed by atoms with Crippen molar-refractivity contribution in [2.45, 2.75) is 149 Å². The number of hydrogen-bond acceptors (Lipinski definition) is 11. The Morgan fingerprint density at radius 3 is 1.70 bits per heavy atom. The van der Waals surface area contributed by atoms with E-state index in [4.69, 9.17) is 18.6 Å². The topological polar surface area (TPSA) is 216 Å². The molecule has 0 aliphatic heterocycles. The van der Waals surface area contributed by atoms with Crippen LogP contribution in [-0.2, 0) is 39.2 Å². The number of carbonyl (C=O) groups excluding carboxylic acids is 6. The first-order valence-electron chi connectivity index (χ1n) is 22.6. The summed E-state index contributed by atoms with van der Waals surface area (Å²) in [6.45, 7) is 23.7. The lowest BCUT2D eigenvalue weighted by Gasteiger charge is -2.41. The van der Waals surface area contributed by atoms with Gasteiger partial charge >= 0.3 is 24.5 Å². The van der Waals surface area contributed by atoms with Gasteiger partial charge in [-0.15, -0.1) is 0 Å². The van der Waals surface area contributed by atoms with Crippen LogP contribution in [-0.4, -0.2) is 109 Å². The number of alkyl halides is 3. The number of aromatic nitrogens is 1. The van der Waals surface area contributed by atoms with E-state index in [1.165, 1.54) is 17.0 Å². The Labute approximate surface area is 403 Å². The quantitative estimate of drug-likeness (QED) is 0.0638. The predicted molar refractivity (Wildman–Crippen MR) is 258 cm³/mol. The van der Waals surface area contributed by atoms with Gasteiger partial charge < -0.3 is 50.1 Å². The molecule has 3 aromatic rings. The Balaban J connectivity index is 2.15. The summed E-state index contributed by atoms with van der Waals surface area (Å²) in [6.07, 6.45) is -7.88. The van der Waals surface area contributed by atoms with Gasteiger partial charge in [0.05, 0.1) is 23.6 Å². The van der Waals surface area contributed by atoms with Crippen molar-refractivity contribution < 1.29 is 60.6 Å². The van der Waals surface area contributed by atoms with Gasteiger partial charge in [-0.2, -0.15) is 13.2 Å². The van der Waals surface area contributed by atoms with E-state index < -0.39 is 103 Å². The molecule has 2 aromatic carbocycles. The predicted octanol–water partition coefficient (Wildman–Crippen LogP) is 8.60. The SMILES string of the molecule is CC(C)(C)OC(=O)NCCN(CCNC(=O)OC(C)(C)C)C(=O)C[C@H](NC(=O)OC(C)(C)C)C(=O)N[C@H](C(=O)Nc1ccc2ncccc2c1)[C@H](O[Si](C)(C)C(C)(C)C)c1ccc(C(F)(F)F)cc1. The summed E-state index contributed by atoms with van der Waals surface area (Å²) in [6, 6.07) is 8.96. The van der Waals surface area contributed by atoms with E-state index in [-0.39, 0.29) is 37.4 Å². The molecule has 1 heterocycles. The Bertz CT molecular complexity index is 2230. The molecule has 3 rings (SSSR count). The van der Waals surface area contributed by atoms with Crippen molar-refractivity contribution in [3.05, 3.63) is 71.9 Å². The zero-order valence-electron chi connectivity index (χ0n) is 42.2. The summed E-state index contributed by atoms with van der Waals surface area (Å²) in [7, 11) is -2.97. The minimum Gasteiger partial charge on any atom is -0.444 e. The molecule has 69 heavy (non-hydrogen) atoms. The molecule has 0 saturated heterocycles. The van der Waals surface area contributed by atoms with E-state index in [2.05, 4.69) is 31.6 Å². The van der Waals surface area contributed by atoms with Gasteiger partial charge in [-0.25, -0.2) is 14.4 Å². The number of halogens is 3. The van der Waals surface area contributed by atoms with Crippen LogP contribution in [0, 0.1) is 0 Å². The Kier molecular flexibility index (Phi) is 19.2. The summed E-state index contributed by atoms with van der Waals surface area (Å²) in [5, 5.41) is 13.2. The minimum atomic E-state index is -4.69. The van der Waals surface area contributed by atoms with Crippen molar-refractivity contribution in [2.75, 3.05) is 31.5 Å². The second-order valence-corrected chi connectivity index (χ2v) is 25.7. The van der Waals surface area contributed by atoms with Gasteiger partial charge in [-0.3, -0.25) is 19.4 Å². The Hall–Kier alpha value is -5.96. The molecule has 17 nitrogen and oxygen atoms in total. The lowest BCUT2D eigenvalue weighted by atomic mass is 9.99. The molecule has 0 aliphatic carbocycles. The number of fused-ring (bicyclic) bond motifs is 1. The van der Waals surface area contributed by atoms with Crippen LogP contribution in [0.25, 0.3) is 10.9 Å². The number of rotatable bonds is 17. The third-order valence-electron chi connectivity index (χ3n) is 10.4. The highest BCUT2D eigenvalue weighted by atomic mass is 28.4. The molecule has 0 fully saturated rings. The molecule has 0 bridgehead atoms. The highest BCUT2D eigenvalue weighted by molar-refractivity contribution is 6.74. The van der Waals surface area contributed by atoms with Crippen LogP contribution in [0.15, 0.2) is 60.8 Å². The van der Waals surface area contributed by atoms with Crippen molar-refractivity contribution in [1.82, 2.24) is 31.2 Å². The van der Waals surface area contributed by atoms with E-state index in [1.54, 1.807) is 98.8 Å². The van der Waals surface area contributed by atoms with Gasteiger partial charge in [0.15, 0.2) is 8.32 Å². The highest BCUT2D eigenvalue weighted by Crippen LogP contribution is 2.41. The average Bonchev–Trinajstić information content (AvgIpc) is 3.18. The monoisotopic (exact) mass is 989 g/mol. The first-order valence-corrected chi connectivity index (χ1v) is 25.5. The minimum absolute atomic E-state index is 0.116. The van der Waals surface area contributed by atoms with E-state index >= 15 is 0 Å². The van der Waals surface area contributed by atoms with Crippen molar-refractivity contribution >= 4 is 60.9 Å². The maximum atomic E-state index is 14.8. The maximum absolute atomic E-state index is 14.8. The number of pyridine rings is 1. The molecule has 382 valence electrons. The van der Waals surface area contributed by atoms with Crippen LogP contribution in [0.2, 0.25) is 18.1 Å². The fourth-order valence-electron chi connectivity index (χ4n) is 6.13. The number of alkyl carbamates (subject to hydrolysis) is 3. The zero-order chi connectivity index (χ0) is 52.3. The smallest absolute Gasteiger partial charge is 0.416 e. The molecular formula is C48H70F3N7O10Si. The molecular weight excluding hydrogens is 920 g/mol. The van der Waals surface area contributed by atoms with Crippen LogP contribution >= 0.6 is 0 Å². The van der Waals surface area contributed by atoms with Crippen molar-refractivity contribution in [1.29, 1.82) is 0 Å². The first kappa shape index (κ1) is 57.4. The highest BCUT2D eigenvalue weighted by Gasteiger charge is 2.44. The number of hydrogen-bond donors (Lipinski definition) is 5. The second kappa shape index (κ2) is 23.1. The zero-order valence-corrected chi connectivity index (χ0v) is 43.2. The first-order chi connectivity index (χ1) is 31.5. The number of nitrogens with one attached hydrogen (secondary N) is 5. The summed E-state index contributed by atoms with van der Waals surface area (Å²) >= 11 is 0. The van der Waals surface area contributed by atoms with Gasteiger partial charge in [0.2, 0.25) is 17.7 Å². The number of ether oxygens (including phenoxy) is 3. The molecule has 5 N–H and O–H groups in total. The number of anilines is 1. The molecule has 0 saturated carbocycles. The summed E-state index contributed by atoms with van der Waals surface area (Å²) in [4.78, 5) is 88.0. The van der Waals surface area contributed by atoms with Gasteiger partial charge in [0.1, 0.15) is 28.9 Å². The lowest BCUT2D eigenvalue weighted by Crippen LogP contribution is -2.57. The average molecular weight is 990 g/mol. The molecule has 0 aliphatic rings. The van der Waals surface area contributed by atoms with Crippen molar-refractivity contribution in [3.8, 4) is 0 Å². The molecule has 0 spiro atoms. The van der Waals surface area contributed by atoms with Gasteiger partial charge in [0, 0.05) is 43.4 Å². The number of benzene rings is 2. The summed E-state index contributed by atoms with van der Waals surface area (Å²) in [5.74, 6) is -2.65. The summed E-state index contributed by atoms with van der Waals surface area (Å²) in [5.41, 5.74) is -2.65. The molecule has 3 atom stereocenters. The fourth-order valence-corrected chi connectivity index (χ4v) is 7.39. The van der Waals surface area contributed by atoms with Gasteiger partial charge in [-0.1, -0.05) is 39.0 Å². The number of amides is 6. The van der Waals surface area contributed by atoms with Gasteiger partial charge in [0.25, 0.3) is 0 Å². The molecule has 6 amide bonds. The lowest BCUT2D eigenvalue weighted by molar-refractivity contribution is -0.137. The standard InChI is InChI=1S/C48H70F3N7O10Si/c1-44(2,3)65-41(62)53-24-26-58(27-25-54-42(63)66-45(4,5)6)36(59)29-35(56-43(64)67-46(7,8)9)39(60)57-37(40(61)55-33-21-22-34-31(28-33)16-15-23-52-34)38(68-69(13,14)47(10,11)12)30-17-19-32(20-18-30)48(49,50)51/h15-23,28,35,37-38H,24-27,29H2,1-14H3,(H,53,62)(H,54,63)(H,55,61)(H,56,64)(H,57,60)/t35-,37-,38+/m0/s1. The fraction of sp³-hybridized carbons (Fsp3) is 0.562. The van der Waals surface area contributed by atoms with Crippen LogP contribution in [0.1, 0.15) is 107 Å². The Morgan fingerprint density at radius 1 is 0.681 bits per heavy atom. The second-order valence-electron chi connectivity index (χ2n) is 20.9. The summed E-state index contributed by atoms with van der Waals surface area (Å²) < 4.78 is 64.6. The normalized spacial score (nSPS) is 13.8. The van der Waals surface area contributed by atoms with Crippen LogP contribution < -0.4 is 26.6 Å². The van der Waals surface area contributed by atoms with Crippen molar-refractivity contribution in [2.24, 2.45) is 0 Å². The number of carbonyl (C=O) groups is 6. The van der Waals surface area contributed by atoms with Crippen LogP contribution in [0.3, 0.4) is 0 Å². The van der Waals surface area contributed by atoms with Crippen LogP contribution in [0.4, 0.5) is 33.2 Å².